The number of aliphatic hydroxyl groups is 1. The molecule has 5 nitrogen and oxygen atoms in total. The van der Waals surface area contributed by atoms with Gasteiger partial charge in [0.25, 0.3) is 0 Å². The van der Waals surface area contributed by atoms with Crippen molar-refractivity contribution in [2.75, 3.05) is 13.2 Å². The van der Waals surface area contributed by atoms with Crippen molar-refractivity contribution in [1.82, 2.24) is 0 Å². The molecule has 1 atom stereocenters. The minimum Gasteiger partial charge on any atom is -0.396 e. The van der Waals surface area contributed by atoms with E-state index in [1.54, 1.807) is 24.3 Å². The summed E-state index contributed by atoms with van der Waals surface area (Å²) in [7, 11) is -2.62. The Hall–Kier alpha value is -0.870. The molecule has 0 aliphatic rings. The molecule has 6 heteroatoms. The SMILES string of the molecule is O=[PH](OCCCCO)OOc1ccccc1. The van der Waals surface area contributed by atoms with Crippen molar-refractivity contribution in [3.8, 4) is 5.75 Å². The molecular formula is C10H15O5P. The number of aliphatic hydroxyl groups excluding tert-OH is 1. The van der Waals surface area contributed by atoms with E-state index in [0.29, 0.717) is 18.6 Å². The molecule has 0 aliphatic heterocycles. The molecular weight excluding hydrogens is 231 g/mol. The summed E-state index contributed by atoms with van der Waals surface area (Å²) >= 11 is 0. The zero-order chi connectivity index (χ0) is 11.6. The van der Waals surface area contributed by atoms with Gasteiger partial charge in [-0.1, -0.05) is 18.2 Å². The Labute approximate surface area is 94.8 Å². The summed E-state index contributed by atoms with van der Waals surface area (Å²) in [6.45, 7) is 0.391. The van der Waals surface area contributed by atoms with Crippen molar-refractivity contribution in [2.45, 2.75) is 12.8 Å². The van der Waals surface area contributed by atoms with E-state index in [9.17, 15) is 4.57 Å². The summed E-state index contributed by atoms with van der Waals surface area (Å²) in [6.07, 6.45) is 1.26. The lowest BCUT2D eigenvalue weighted by atomic mass is 10.3. The number of rotatable bonds is 8. The first-order valence-corrected chi connectivity index (χ1v) is 6.22. The Kier molecular flexibility index (Phi) is 6.85. The standard InChI is InChI=1S/C10H15O5P/c11-8-4-5-9-13-16(12)15-14-10-6-2-1-3-7-10/h1-3,6-7,11,16H,4-5,8-9H2. The zero-order valence-corrected chi connectivity index (χ0v) is 9.80. The third-order valence-corrected chi connectivity index (χ3v) is 2.38. The summed E-state index contributed by atoms with van der Waals surface area (Å²) in [5, 5.41) is 8.50. The van der Waals surface area contributed by atoms with Crippen molar-refractivity contribution in [3.63, 3.8) is 0 Å². The lowest BCUT2D eigenvalue weighted by Crippen LogP contribution is -1.94. The Morgan fingerprint density at radius 2 is 1.94 bits per heavy atom. The molecule has 1 unspecified atom stereocenters. The second-order valence-corrected chi connectivity index (χ2v) is 3.96. The molecule has 1 rings (SSSR count). The largest absolute Gasteiger partial charge is 0.396 e. The first-order valence-electron chi connectivity index (χ1n) is 5.00. The van der Waals surface area contributed by atoms with E-state index in [-0.39, 0.29) is 13.2 Å². The van der Waals surface area contributed by atoms with E-state index in [1.807, 2.05) is 6.07 Å². The Bertz CT molecular complexity index is 303. The van der Waals surface area contributed by atoms with Gasteiger partial charge in [0.05, 0.1) is 6.61 Å². The van der Waals surface area contributed by atoms with Gasteiger partial charge in [-0.2, -0.15) is 0 Å². The smallest absolute Gasteiger partial charge is 0.358 e. The molecule has 0 aromatic heterocycles. The lowest BCUT2D eigenvalue weighted by molar-refractivity contribution is -0.105. The maximum atomic E-state index is 11.1. The second-order valence-electron chi connectivity index (χ2n) is 3.01. The average molecular weight is 246 g/mol. The van der Waals surface area contributed by atoms with Gasteiger partial charge in [0.2, 0.25) is 0 Å². The molecule has 0 radical (unpaired) electrons. The third-order valence-electron chi connectivity index (χ3n) is 1.72. The molecule has 16 heavy (non-hydrogen) atoms. The van der Waals surface area contributed by atoms with Crippen LogP contribution in [0.15, 0.2) is 30.3 Å². The summed E-state index contributed by atoms with van der Waals surface area (Å²) in [4.78, 5) is 4.78. The summed E-state index contributed by atoms with van der Waals surface area (Å²) in [5.74, 6) is 0.472. The molecule has 90 valence electrons. The molecule has 1 aromatic rings. The predicted octanol–water partition coefficient (Wildman–Crippen LogP) is 2.18. The number of para-hydroxylation sites is 1. The second kappa shape index (κ2) is 8.30. The number of unbranched alkanes of at least 4 members (excludes halogenated alkanes) is 1. The molecule has 0 amide bonds. The van der Waals surface area contributed by atoms with E-state index < -0.39 is 8.25 Å². The molecule has 0 fully saturated rings. The first-order chi connectivity index (χ1) is 7.83. The average Bonchev–Trinajstić information content (AvgIpc) is 2.33. The van der Waals surface area contributed by atoms with Crippen LogP contribution < -0.4 is 4.89 Å². The van der Waals surface area contributed by atoms with Crippen LogP contribution in [0.5, 0.6) is 5.75 Å². The number of benzene rings is 1. The molecule has 1 aromatic carbocycles. The fraction of sp³-hybridized carbons (Fsp3) is 0.400. The van der Waals surface area contributed by atoms with E-state index in [4.69, 9.17) is 14.5 Å². The van der Waals surface area contributed by atoms with Crippen LogP contribution >= 0.6 is 8.25 Å². The van der Waals surface area contributed by atoms with E-state index in [2.05, 4.69) is 4.67 Å². The monoisotopic (exact) mass is 246 g/mol. The van der Waals surface area contributed by atoms with Crippen molar-refractivity contribution in [1.29, 1.82) is 0 Å². The van der Waals surface area contributed by atoms with Gasteiger partial charge in [0.1, 0.15) is 0 Å². The molecule has 0 heterocycles. The van der Waals surface area contributed by atoms with Gasteiger partial charge in [0.15, 0.2) is 5.75 Å². The van der Waals surface area contributed by atoms with Crippen LogP contribution in [0.4, 0.5) is 0 Å². The van der Waals surface area contributed by atoms with Crippen LogP contribution in [0.2, 0.25) is 0 Å². The highest BCUT2D eigenvalue weighted by Crippen LogP contribution is 2.25. The van der Waals surface area contributed by atoms with E-state index in [1.165, 1.54) is 0 Å². The lowest BCUT2D eigenvalue weighted by Gasteiger charge is -2.04. The van der Waals surface area contributed by atoms with Crippen LogP contribution in [0.1, 0.15) is 12.8 Å². The fourth-order valence-corrected chi connectivity index (χ4v) is 1.47. The highest BCUT2D eigenvalue weighted by molar-refractivity contribution is 7.33. The van der Waals surface area contributed by atoms with E-state index in [0.717, 1.165) is 0 Å². The number of hydrogen-bond acceptors (Lipinski definition) is 5. The van der Waals surface area contributed by atoms with Crippen molar-refractivity contribution < 1.29 is 23.8 Å². The van der Waals surface area contributed by atoms with E-state index >= 15 is 0 Å². The Morgan fingerprint density at radius 1 is 1.19 bits per heavy atom. The van der Waals surface area contributed by atoms with Gasteiger partial charge in [-0.05, 0) is 25.0 Å². The van der Waals surface area contributed by atoms with Gasteiger partial charge in [0, 0.05) is 6.61 Å². The molecule has 0 aliphatic carbocycles. The quantitative estimate of drug-likeness (QED) is 0.329. The Balaban J connectivity index is 2.11. The van der Waals surface area contributed by atoms with Crippen LogP contribution in [0, 0.1) is 0 Å². The topological polar surface area (TPSA) is 65.0 Å². The van der Waals surface area contributed by atoms with Gasteiger partial charge in [-0.15, -0.1) is 4.67 Å². The van der Waals surface area contributed by atoms with Gasteiger partial charge in [-0.25, -0.2) is 0 Å². The normalized spacial score (nSPS) is 12.3. The predicted molar refractivity (Wildman–Crippen MR) is 59.4 cm³/mol. The molecule has 0 saturated heterocycles. The zero-order valence-electron chi connectivity index (χ0n) is 8.80. The highest BCUT2D eigenvalue weighted by atomic mass is 31.1. The van der Waals surface area contributed by atoms with Crippen LogP contribution in [-0.2, 0) is 13.8 Å². The van der Waals surface area contributed by atoms with Crippen molar-refractivity contribution >= 4 is 8.25 Å². The number of hydrogen-bond donors (Lipinski definition) is 1. The minimum atomic E-state index is -2.62. The summed E-state index contributed by atoms with van der Waals surface area (Å²) in [6, 6.07) is 8.75. The van der Waals surface area contributed by atoms with Crippen LogP contribution in [-0.4, -0.2) is 18.3 Å². The molecule has 1 N–H and O–H groups in total. The van der Waals surface area contributed by atoms with Crippen LogP contribution in [0.3, 0.4) is 0 Å². The van der Waals surface area contributed by atoms with Gasteiger partial charge >= 0.3 is 8.25 Å². The highest BCUT2D eigenvalue weighted by Gasteiger charge is 2.01. The molecule has 0 spiro atoms. The summed E-state index contributed by atoms with van der Waals surface area (Å²) < 4.78 is 20.6. The molecule has 0 saturated carbocycles. The fourth-order valence-electron chi connectivity index (χ4n) is 0.952. The summed E-state index contributed by atoms with van der Waals surface area (Å²) in [5.41, 5.74) is 0. The third kappa shape index (κ3) is 5.88. The minimum absolute atomic E-state index is 0.103. The molecule has 0 bridgehead atoms. The van der Waals surface area contributed by atoms with Crippen molar-refractivity contribution in [2.24, 2.45) is 0 Å². The van der Waals surface area contributed by atoms with Crippen molar-refractivity contribution in [3.05, 3.63) is 30.3 Å². The Morgan fingerprint density at radius 3 is 2.62 bits per heavy atom. The van der Waals surface area contributed by atoms with Crippen LogP contribution in [0.25, 0.3) is 0 Å². The maximum absolute atomic E-state index is 11.1. The maximum Gasteiger partial charge on any atom is 0.358 e. The van der Waals surface area contributed by atoms with Gasteiger partial charge < -0.3 is 14.5 Å². The van der Waals surface area contributed by atoms with Gasteiger partial charge in [-0.3, -0.25) is 4.57 Å². The first kappa shape index (κ1) is 13.2.